The normalized spacial score (nSPS) is 11.9. The Bertz CT molecular complexity index is 1230. The van der Waals surface area contributed by atoms with Crippen LogP contribution in [0.25, 0.3) is 43.4 Å². The van der Waals surface area contributed by atoms with Crippen LogP contribution in [-0.4, -0.2) is 9.67 Å². The van der Waals surface area contributed by atoms with Crippen molar-refractivity contribution in [3.05, 3.63) is 66.7 Å². The lowest BCUT2D eigenvalue weighted by Gasteiger charge is -2.05. The highest BCUT2D eigenvalue weighted by atomic mass is 16.3. The number of fused-ring (bicyclic) bond motifs is 7. The SMILES string of the molecule is Cn1c2ccc3ccccc3c2c2c3ccccc3c(O)cc21. The van der Waals surface area contributed by atoms with Crippen molar-refractivity contribution in [3.8, 4) is 5.75 Å². The third-order valence-corrected chi connectivity index (χ3v) is 4.88. The minimum absolute atomic E-state index is 0.336. The summed E-state index contributed by atoms with van der Waals surface area (Å²) in [6.45, 7) is 0. The average molecular weight is 297 g/mol. The molecule has 0 aliphatic rings. The lowest BCUT2D eigenvalue weighted by molar-refractivity contribution is 0.482. The van der Waals surface area contributed by atoms with Gasteiger partial charge in [0.05, 0.1) is 5.52 Å². The van der Waals surface area contributed by atoms with Gasteiger partial charge in [0.15, 0.2) is 0 Å². The molecule has 0 aliphatic heterocycles. The second-order valence-electron chi connectivity index (χ2n) is 6.08. The fraction of sp³-hybridized carbons (Fsp3) is 0.0476. The van der Waals surface area contributed by atoms with E-state index in [1.807, 2.05) is 24.3 Å². The van der Waals surface area contributed by atoms with Crippen LogP contribution in [0, 0.1) is 0 Å². The van der Waals surface area contributed by atoms with Crippen LogP contribution in [0.1, 0.15) is 0 Å². The van der Waals surface area contributed by atoms with Gasteiger partial charge >= 0.3 is 0 Å². The molecular formula is C21H15NO. The monoisotopic (exact) mass is 297 g/mol. The van der Waals surface area contributed by atoms with Crippen LogP contribution in [0.2, 0.25) is 0 Å². The first-order chi connectivity index (χ1) is 11.3. The first-order valence-corrected chi connectivity index (χ1v) is 7.76. The Morgan fingerprint density at radius 1 is 0.696 bits per heavy atom. The molecule has 110 valence electrons. The van der Waals surface area contributed by atoms with E-state index in [1.54, 1.807) is 0 Å². The third-order valence-electron chi connectivity index (χ3n) is 4.88. The third kappa shape index (κ3) is 1.53. The summed E-state index contributed by atoms with van der Waals surface area (Å²) in [6, 6.07) is 22.8. The molecule has 2 heteroatoms. The minimum atomic E-state index is 0.336. The predicted molar refractivity (Wildman–Crippen MR) is 97.1 cm³/mol. The first-order valence-electron chi connectivity index (χ1n) is 7.76. The van der Waals surface area contributed by atoms with Crippen molar-refractivity contribution >= 4 is 43.4 Å². The molecule has 0 saturated carbocycles. The fourth-order valence-corrected chi connectivity index (χ4v) is 3.80. The van der Waals surface area contributed by atoms with Crippen LogP contribution in [0.15, 0.2) is 66.7 Å². The molecule has 1 N–H and O–H groups in total. The van der Waals surface area contributed by atoms with Gasteiger partial charge in [0.2, 0.25) is 0 Å². The lowest BCUT2D eigenvalue weighted by Crippen LogP contribution is -1.86. The van der Waals surface area contributed by atoms with Crippen molar-refractivity contribution in [2.45, 2.75) is 0 Å². The highest BCUT2D eigenvalue weighted by molar-refractivity contribution is 6.28. The van der Waals surface area contributed by atoms with E-state index in [2.05, 4.69) is 54.1 Å². The van der Waals surface area contributed by atoms with Gasteiger partial charge < -0.3 is 9.67 Å². The maximum Gasteiger partial charge on any atom is 0.125 e. The highest BCUT2D eigenvalue weighted by Gasteiger charge is 2.15. The van der Waals surface area contributed by atoms with Gasteiger partial charge in [-0.3, -0.25) is 0 Å². The summed E-state index contributed by atoms with van der Waals surface area (Å²) in [6.07, 6.45) is 0. The summed E-state index contributed by atoms with van der Waals surface area (Å²) in [4.78, 5) is 0. The summed E-state index contributed by atoms with van der Waals surface area (Å²) in [5.74, 6) is 0.336. The number of aromatic nitrogens is 1. The summed E-state index contributed by atoms with van der Waals surface area (Å²) in [7, 11) is 2.06. The zero-order chi connectivity index (χ0) is 15.6. The molecule has 23 heavy (non-hydrogen) atoms. The highest BCUT2D eigenvalue weighted by Crippen LogP contribution is 2.41. The standard InChI is InChI=1S/C21H15NO/c1-22-17-11-10-13-6-2-3-7-14(13)20(17)21-16-9-5-4-8-15(16)19(23)12-18(21)22/h2-12,23H,1H3. The molecule has 5 rings (SSSR count). The van der Waals surface area contributed by atoms with Crippen molar-refractivity contribution in [1.29, 1.82) is 0 Å². The maximum absolute atomic E-state index is 10.4. The largest absolute Gasteiger partial charge is 0.507 e. The molecule has 2 nitrogen and oxygen atoms in total. The Labute approximate surface area is 133 Å². The van der Waals surface area contributed by atoms with Crippen molar-refractivity contribution in [1.82, 2.24) is 4.57 Å². The van der Waals surface area contributed by atoms with Gasteiger partial charge in [0.1, 0.15) is 5.75 Å². The van der Waals surface area contributed by atoms with Gasteiger partial charge in [-0.05, 0) is 22.2 Å². The van der Waals surface area contributed by atoms with Crippen LogP contribution in [0.4, 0.5) is 0 Å². The van der Waals surface area contributed by atoms with Gasteiger partial charge in [-0.2, -0.15) is 0 Å². The van der Waals surface area contributed by atoms with Crippen molar-refractivity contribution in [3.63, 3.8) is 0 Å². The van der Waals surface area contributed by atoms with E-state index in [9.17, 15) is 5.11 Å². The van der Waals surface area contributed by atoms with Crippen LogP contribution < -0.4 is 0 Å². The molecule has 1 aromatic heterocycles. The average Bonchev–Trinajstić information content (AvgIpc) is 2.88. The number of aromatic hydroxyl groups is 1. The second-order valence-corrected chi connectivity index (χ2v) is 6.08. The zero-order valence-corrected chi connectivity index (χ0v) is 12.7. The number of aryl methyl sites for hydroxylation is 1. The van der Waals surface area contributed by atoms with E-state index in [-0.39, 0.29) is 0 Å². The lowest BCUT2D eigenvalue weighted by atomic mass is 9.99. The number of benzene rings is 4. The van der Waals surface area contributed by atoms with Crippen LogP contribution in [0.3, 0.4) is 0 Å². The van der Waals surface area contributed by atoms with E-state index in [4.69, 9.17) is 0 Å². The molecule has 0 bridgehead atoms. The molecule has 5 aromatic rings. The molecular weight excluding hydrogens is 282 g/mol. The molecule has 0 amide bonds. The number of phenolic OH excluding ortho intramolecular Hbond substituents is 1. The number of rotatable bonds is 0. The minimum Gasteiger partial charge on any atom is -0.507 e. The molecule has 0 unspecified atom stereocenters. The summed E-state index contributed by atoms with van der Waals surface area (Å²) < 4.78 is 2.17. The Hall–Kier alpha value is -3.00. The van der Waals surface area contributed by atoms with E-state index < -0.39 is 0 Å². The van der Waals surface area contributed by atoms with Crippen molar-refractivity contribution < 1.29 is 5.11 Å². The van der Waals surface area contributed by atoms with Crippen LogP contribution in [-0.2, 0) is 7.05 Å². The molecule has 0 aliphatic carbocycles. The summed E-state index contributed by atoms with van der Waals surface area (Å²) >= 11 is 0. The van der Waals surface area contributed by atoms with Crippen molar-refractivity contribution in [2.75, 3.05) is 0 Å². The Morgan fingerprint density at radius 3 is 2.17 bits per heavy atom. The smallest absolute Gasteiger partial charge is 0.125 e. The molecule has 0 radical (unpaired) electrons. The number of phenols is 1. The van der Waals surface area contributed by atoms with Gasteiger partial charge in [0, 0.05) is 34.8 Å². The predicted octanol–water partition coefficient (Wildman–Crippen LogP) is 5.34. The van der Waals surface area contributed by atoms with E-state index in [1.165, 1.54) is 27.1 Å². The number of nitrogens with zero attached hydrogens (tertiary/aromatic N) is 1. The van der Waals surface area contributed by atoms with Crippen LogP contribution in [0.5, 0.6) is 5.75 Å². The summed E-state index contributed by atoms with van der Waals surface area (Å²) in [5, 5.41) is 17.4. The Balaban J connectivity index is 2.21. The van der Waals surface area contributed by atoms with Gasteiger partial charge in [-0.1, -0.05) is 54.6 Å². The van der Waals surface area contributed by atoms with E-state index in [0.717, 1.165) is 16.3 Å². The number of hydrogen-bond donors (Lipinski definition) is 1. The molecule has 0 spiro atoms. The quantitative estimate of drug-likeness (QED) is 0.410. The number of hydrogen-bond acceptors (Lipinski definition) is 1. The maximum atomic E-state index is 10.4. The molecule has 1 heterocycles. The fourth-order valence-electron chi connectivity index (χ4n) is 3.80. The van der Waals surface area contributed by atoms with E-state index >= 15 is 0 Å². The molecule has 4 aromatic carbocycles. The zero-order valence-electron chi connectivity index (χ0n) is 12.7. The van der Waals surface area contributed by atoms with Crippen LogP contribution >= 0.6 is 0 Å². The first kappa shape index (κ1) is 12.5. The van der Waals surface area contributed by atoms with Gasteiger partial charge in [-0.25, -0.2) is 0 Å². The molecule has 0 atom stereocenters. The second kappa shape index (κ2) is 4.26. The Kier molecular flexibility index (Phi) is 2.32. The van der Waals surface area contributed by atoms with Gasteiger partial charge in [0.25, 0.3) is 0 Å². The summed E-state index contributed by atoms with van der Waals surface area (Å²) in [5.41, 5.74) is 2.25. The van der Waals surface area contributed by atoms with Gasteiger partial charge in [-0.15, -0.1) is 0 Å². The topological polar surface area (TPSA) is 25.2 Å². The molecule has 0 saturated heterocycles. The van der Waals surface area contributed by atoms with Crippen molar-refractivity contribution in [2.24, 2.45) is 7.05 Å². The Morgan fingerprint density at radius 2 is 1.35 bits per heavy atom. The van der Waals surface area contributed by atoms with E-state index in [0.29, 0.717) is 5.75 Å². The molecule has 0 fully saturated rings.